The summed E-state index contributed by atoms with van der Waals surface area (Å²) < 4.78 is 210. The Labute approximate surface area is 141 Å². The fraction of sp³-hybridized carbons (Fsp3) is 0.500. The van der Waals surface area contributed by atoms with Gasteiger partial charge in [0.05, 0.1) is 0 Å². The molecule has 160 valence electrons. The van der Waals surface area contributed by atoms with Crippen molar-refractivity contribution in [3.05, 3.63) is 34.4 Å². The third-order valence-corrected chi connectivity index (χ3v) is 4.01. The smallest absolute Gasteiger partial charge is 0.227 e. The van der Waals surface area contributed by atoms with Gasteiger partial charge in [0.2, 0.25) is 0 Å². The molecule has 1 aliphatic rings. The molecule has 0 bridgehead atoms. The van der Waals surface area contributed by atoms with Crippen LogP contribution >= 0.6 is 0 Å². The van der Waals surface area contributed by atoms with Crippen molar-refractivity contribution in [1.29, 1.82) is 0 Å². The molecule has 0 spiro atoms. The van der Waals surface area contributed by atoms with E-state index < -0.39 is 69.9 Å². The van der Waals surface area contributed by atoms with E-state index >= 15 is 0 Å². The number of benzene rings is 1. The highest BCUT2D eigenvalue weighted by Gasteiger charge is 2.95. The molecule has 2 atom stereocenters. The quantitative estimate of drug-likeness (QED) is 0.297. The first-order valence-corrected chi connectivity index (χ1v) is 6.27. The zero-order valence-corrected chi connectivity index (χ0v) is 12.0. The molecule has 1 aliphatic carbocycles. The summed E-state index contributed by atoms with van der Waals surface area (Å²) in [6, 6.07) is 0. The van der Waals surface area contributed by atoms with Gasteiger partial charge in [-0.2, -0.15) is 43.9 Å². The lowest BCUT2D eigenvalue weighted by atomic mass is 9.56. The number of hydrogen-bond donors (Lipinski definition) is 0. The molecule has 0 saturated heterocycles. The standard InChI is InChI=1S/C12F16/c13-3-1-2(4(14)6(16)5(3)15)8(18,10(21,22)12(26,27)28)7(1,17)9(19,20)11(23,24)25/t7-,8+. The topological polar surface area (TPSA) is 0 Å². The van der Waals surface area contributed by atoms with Gasteiger partial charge in [-0.3, -0.25) is 0 Å². The minimum absolute atomic E-state index is 3.35. The molecule has 0 unspecified atom stereocenters. The first kappa shape index (κ1) is 22.4. The van der Waals surface area contributed by atoms with Crippen LogP contribution in [0.15, 0.2) is 0 Å². The van der Waals surface area contributed by atoms with E-state index in [1.165, 1.54) is 0 Å². The fourth-order valence-corrected chi connectivity index (χ4v) is 2.70. The SMILES string of the molecule is Fc1c(F)c(F)c2c(c1F)[C@@](F)(C(F)(F)C(F)(F)F)[C@@]2(F)C(F)(F)C(F)(F)F. The summed E-state index contributed by atoms with van der Waals surface area (Å²) >= 11 is 0. The Morgan fingerprint density at radius 2 is 0.643 bits per heavy atom. The zero-order valence-electron chi connectivity index (χ0n) is 12.0. The summed E-state index contributed by atoms with van der Waals surface area (Å²) in [5, 5.41) is 0. The molecule has 0 fully saturated rings. The van der Waals surface area contributed by atoms with Crippen LogP contribution in [0.2, 0.25) is 0 Å². The van der Waals surface area contributed by atoms with Gasteiger partial charge >= 0.3 is 24.2 Å². The van der Waals surface area contributed by atoms with Crippen molar-refractivity contribution in [2.45, 2.75) is 35.5 Å². The van der Waals surface area contributed by atoms with Crippen molar-refractivity contribution in [1.82, 2.24) is 0 Å². The Morgan fingerprint density at radius 1 is 0.429 bits per heavy atom. The Bertz CT molecular complexity index is 763. The predicted octanol–water partition coefficient (Wildman–Crippen LogP) is 5.98. The van der Waals surface area contributed by atoms with Gasteiger partial charge in [0.25, 0.3) is 11.3 Å². The third kappa shape index (κ3) is 2.06. The molecule has 0 aromatic heterocycles. The number of hydrogen-bond acceptors (Lipinski definition) is 0. The van der Waals surface area contributed by atoms with Crippen LogP contribution in [0.4, 0.5) is 70.2 Å². The number of alkyl halides is 12. The van der Waals surface area contributed by atoms with E-state index in [2.05, 4.69) is 0 Å². The zero-order chi connectivity index (χ0) is 22.5. The van der Waals surface area contributed by atoms with Crippen LogP contribution in [-0.2, 0) is 11.3 Å². The molecular formula is C12F16. The van der Waals surface area contributed by atoms with Gasteiger partial charge in [0.1, 0.15) is 0 Å². The van der Waals surface area contributed by atoms with E-state index in [1.807, 2.05) is 0 Å². The lowest BCUT2D eigenvalue weighted by molar-refractivity contribution is -0.420. The summed E-state index contributed by atoms with van der Waals surface area (Å²) in [4.78, 5) is 0. The molecule has 0 nitrogen and oxygen atoms in total. The van der Waals surface area contributed by atoms with Crippen LogP contribution in [0, 0.1) is 23.3 Å². The maximum atomic E-state index is 14.5. The van der Waals surface area contributed by atoms with E-state index in [0.29, 0.717) is 0 Å². The maximum Gasteiger partial charge on any atom is 0.457 e. The van der Waals surface area contributed by atoms with Crippen molar-refractivity contribution in [2.75, 3.05) is 0 Å². The molecule has 0 heterocycles. The van der Waals surface area contributed by atoms with Gasteiger partial charge in [-0.25, -0.2) is 26.3 Å². The predicted molar refractivity (Wildman–Crippen MR) is 53.8 cm³/mol. The minimum atomic E-state index is -7.58. The first-order chi connectivity index (χ1) is 12.1. The van der Waals surface area contributed by atoms with Gasteiger partial charge in [0.15, 0.2) is 23.3 Å². The van der Waals surface area contributed by atoms with Gasteiger partial charge in [-0.1, -0.05) is 0 Å². The Morgan fingerprint density at radius 3 is 0.821 bits per heavy atom. The van der Waals surface area contributed by atoms with Crippen LogP contribution in [0.3, 0.4) is 0 Å². The second-order valence-electron chi connectivity index (χ2n) is 5.47. The second-order valence-corrected chi connectivity index (χ2v) is 5.47. The third-order valence-electron chi connectivity index (χ3n) is 4.01. The van der Waals surface area contributed by atoms with Crippen molar-refractivity contribution < 1.29 is 70.2 Å². The van der Waals surface area contributed by atoms with Crippen LogP contribution in [0.5, 0.6) is 0 Å². The molecule has 0 N–H and O–H groups in total. The highest BCUT2D eigenvalue weighted by Crippen LogP contribution is 2.74. The molecule has 0 amide bonds. The first-order valence-electron chi connectivity index (χ1n) is 6.27. The van der Waals surface area contributed by atoms with Crippen molar-refractivity contribution >= 4 is 0 Å². The van der Waals surface area contributed by atoms with Gasteiger partial charge in [-0.05, 0) is 0 Å². The van der Waals surface area contributed by atoms with Crippen LogP contribution in [-0.4, -0.2) is 24.2 Å². The van der Waals surface area contributed by atoms with E-state index in [0.717, 1.165) is 0 Å². The lowest BCUT2D eigenvalue weighted by Gasteiger charge is -2.54. The van der Waals surface area contributed by atoms with Gasteiger partial charge in [-0.15, -0.1) is 0 Å². The van der Waals surface area contributed by atoms with Crippen LogP contribution < -0.4 is 0 Å². The molecule has 28 heavy (non-hydrogen) atoms. The highest BCUT2D eigenvalue weighted by molar-refractivity contribution is 5.57. The average molecular weight is 448 g/mol. The normalized spacial score (nSPS) is 26.1. The van der Waals surface area contributed by atoms with Gasteiger partial charge < -0.3 is 0 Å². The Balaban J connectivity index is 3.12. The van der Waals surface area contributed by atoms with E-state index in [1.54, 1.807) is 0 Å². The number of fused-ring (bicyclic) bond motifs is 1. The maximum absolute atomic E-state index is 14.5. The summed E-state index contributed by atoms with van der Waals surface area (Å²) in [6.45, 7) is 0. The monoisotopic (exact) mass is 448 g/mol. The number of halogens is 16. The molecule has 2 rings (SSSR count). The largest absolute Gasteiger partial charge is 0.457 e. The van der Waals surface area contributed by atoms with Crippen molar-refractivity contribution in [3.8, 4) is 0 Å². The van der Waals surface area contributed by atoms with Crippen molar-refractivity contribution in [2.24, 2.45) is 0 Å². The summed E-state index contributed by atoms with van der Waals surface area (Å²) in [7, 11) is 0. The molecule has 0 radical (unpaired) electrons. The molecule has 1 aromatic rings. The van der Waals surface area contributed by atoms with Crippen molar-refractivity contribution in [3.63, 3.8) is 0 Å². The molecule has 16 heteroatoms. The molecule has 0 aliphatic heterocycles. The molecule has 1 aromatic carbocycles. The van der Waals surface area contributed by atoms with Crippen LogP contribution in [0.25, 0.3) is 0 Å². The van der Waals surface area contributed by atoms with Gasteiger partial charge in [0, 0.05) is 11.1 Å². The summed E-state index contributed by atoms with van der Waals surface area (Å²) in [5.74, 6) is -29.0. The van der Waals surface area contributed by atoms with E-state index in [9.17, 15) is 70.2 Å². The summed E-state index contributed by atoms with van der Waals surface area (Å²) in [5.41, 5.74) is -21.0. The second kappa shape index (κ2) is 5.37. The number of rotatable bonds is 2. The Kier molecular flexibility index (Phi) is 4.29. The van der Waals surface area contributed by atoms with E-state index in [-0.39, 0.29) is 0 Å². The Hall–Kier alpha value is -1.90. The molecule has 0 saturated carbocycles. The fourth-order valence-electron chi connectivity index (χ4n) is 2.70. The minimum Gasteiger partial charge on any atom is -0.227 e. The molecular weight excluding hydrogens is 448 g/mol. The highest BCUT2D eigenvalue weighted by atomic mass is 19.4. The average Bonchev–Trinajstić information content (AvgIpc) is 2.51. The summed E-state index contributed by atoms with van der Waals surface area (Å²) in [6.07, 6.45) is -14.9. The van der Waals surface area contributed by atoms with Crippen LogP contribution in [0.1, 0.15) is 11.1 Å². The van der Waals surface area contributed by atoms with E-state index in [4.69, 9.17) is 0 Å². The lowest BCUT2D eigenvalue weighted by Crippen LogP contribution is -2.75.